The molecule has 1 fully saturated rings. The van der Waals surface area contributed by atoms with Gasteiger partial charge < -0.3 is 10.2 Å². The van der Waals surface area contributed by atoms with Crippen LogP contribution >= 0.6 is 0 Å². The SMILES string of the molecule is CCCc1cc(C(=O)N2CCCC2)cc(NC)n1. The Bertz CT molecular complexity index is 425. The van der Waals surface area contributed by atoms with Crippen molar-refractivity contribution in [1.29, 1.82) is 0 Å². The summed E-state index contributed by atoms with van der Waals surface area (Å²) in [5.41, 5.74) is 1.76. The summed E-state index contributed by atoms with van der Waals surface area (Å²) in [6.45, 7) is 3.90. The Morgan fingerprint density at radius 1 is 1.39 bits per heavy atom. The highest BCUT2D eigenvalue weighted by Crippen LogP contribution is 2.17. The Hall–Kier alpha value is -1.58. The van der Waals surface area contributed by atoms with Crippen molar-refractivity contribution in [2.45, 2.75) is 32.6 Å². The lowest BCUT2D eigenvalue weighted by Gasteiger charge is -2.16. The maximum Gasteiger partial charge on any atom is 0.254 e. The van der Waals surface area contributed by atoms with Crippen LogP contribution in [0, 0.1) is 0 Å². The first-order valence-electron chi connectivity index (χ1n) is 6.72. The van der Waals surface area contributed by atoms with Gasteiger partial charge in [0.25, 0.3) is 5.91 Å². The predicted octanol–water partition coefficient (Wildman–Crippen LogP) is 2.31. The van der Waals surface area contributed by atoms with Crippen LogP contribution < -0.4 is 5.32 Å². The number of carbonyl (C=O) groups excluding carboxylic acids is 1. The van der Waals surface area contributed by atoms with E-state index in [1.54, 1.807) is 0 Å². The molecule has 0 unspecified atom stereocenters. The van der Waals surface area contributed by atoms with E-state index in [1.165, 1.54) is 0 Å². The molecular formula is C14H21N3O. The van der Waals surface area contributed by atoms with Gasteiger partial charge in [-0.1, -0.05) is 13.3 Å². The zero-order valence-electron chi connectivity index (χ0n) is 11.2. The summed E-state index contributed by atoms with van der Waals surface area (Å²) in [4.78, 5) is 18.7. The van der Waals surface area contributed by atoms with E-state index in [0.717, 1.165) is 55.8 Å². The van der Waals surface area contributed by atoms with Crippen LogP contribution in [-0.4, -0.2) is 35.9 Å². The summed E-state index contributed by atoms with van der Waals surface area (Å²) in [5.74, 6) is 0.923. The largest absolute Gasteiger partial charge is 0.373 e. The molecule has 1 aromatic rings. The Morgan fingerprint density at radius 2 is 2.11 bits per heavy atom. The molecule has 1 N–H and O–H groups in total. The van der Waals surface area contributed by atoms with Gasteiger partial charge in [-0.2, -0.15) is 0 Å². The van der Waals surface area contributed by atoms with Gasteiger partial charge in [-0.25, -0.2) is 4.98 Å². The van der Waals surface area contributed by atoms with Gasteiger partial charge in [-0.3, -0.25) is 4.79 Å². The number of carbonyl (C=O) groups is 1. The maximum absolute atomic E-state index is 12.3. The third kappa shape index (κ3) is 2.81. The monoisotopic (exact) mass is 247 g/mol. The molecule has 0 aromatic carbocycles. The van der Waals surface area contributed by atoms with Crippen LogP contribution in [-0.2, 0) is 6.42 Å². The topological polar surface area (TPSA) is 45.2 Å². The summed E-state index contributed by atoms with van der Waals surface area (Å²) >= 11 is 0. The normalized spacial score (nSPS) is 14.9. The van der Waals surface area contributed by atoms with Gasteiger partial charge in [0.2, 0.25) is 0 Å². The highest BCUT2D eigenvalue weighted by molar-refractivity contribution is 5.95. The van der Waals surface area contributed by atoms with Crippen LogP contribution in [0.2, 0.25) is 0 Å². The molecule has 0 radical (unpaired) electrons. The predicted molar refractivity (Wildman–Crippen MR) is 72.9 cm³/mol. The van der Waals surface area contributed by atoms with Crippen LogP contribution in [0.15, 0.2) is 12.1 Å². The summed E-state index contributed by atoms with van der Waals surface area (Å²) in [6, 6.07) is 3.78. The molecule has 1 aliphatic heterocycles. The third-order valence-electron chi connectivity index (χ3n) is 3.28. The average molecular weight is 247 g/mol. The molecule has 18 heavy (non-hydrogen) atoms. The molecule has 1 aromatic heterocycles. The molecule has 2 rings (SSSR count). The lowest BCUT2D eigenvalue weighted by atomic mass is 10.1. The molecule has 4 nitrogen and oxygen atoms in total. The van der Waals surface area contributed by atoms with Gasteiger partial charge in [0.1, 0.15) is 5.82 Å². The minimum absolute atomic E-state index is 0.142. The molecule has 0 bridgehead atoms. The van der Waals surface area contributed by atoms with Crippen LogP contribution in [0.3, 0.4) is 0 Å². The first kappa shape index (κ1) is 12.9. The standard InChI is InChI=1S/C14H21N3O/c1-3-6-12-9-11(10-13(15-2)16-12)14(18)17-7-4-5-8-17/h9-10H,3-8H2,1-2H3,(H,15,16). The summed E-state index contributed by atoms with van der Waals surface area (Å²) in [7, 11) is 1.84. The lowest BCUT2D eigenvalue weighted by Crippen LogP contribution is -2.27. The van der Waals surface area contributed by atoms with Gasteiger partial charge in [-0.15, -0.1) is 0 Å². The quantitative estimate of drug-likeness (QED) is 0.888. The summed E-state index contributed by atoms with van der Waals surface area (Å²) in [6.07, 6.45) is 4.20. The first-order chi connectivity index (χ1) is 8.74. The van der Waals surface area contributed by atoms with E-state index in [-0.39, 0.29) is 5.91 Å². The fourth-order valence-electron chi connectivity index (χ4n) is 2.33. The number of aromatic nitrogens is 1. The third-order valence-corrected chi connectivity index (χ3v) is 3.28. The smallest absolute Gasteiger partial charge is 0.254 e. The molecule has 98 valence electrons. The Labute approximate surface area is 108 Å². The summed E-state index contributed by atoms with van der Waals surface area (Å²) < 4.78 is 0. The van der Waals surface area contributed by atoms with E-state index < -0.39 is 0 Å². The number of hydrogen-bond donors (Lipinski definition) is 1. The second-order valence-corrected chi connectivity index (χ2v) is 4.73. The van der Waals surface area contributed by atoms with Crippen LogP contribution in [0.1, 0.15) is 42.2 Å². The first-order valence-corrected chi connectivity index (χ1v) is 6.72. The van der Waals surface area contributed by atoms with Crippen LogP contribution in [0.25, 0.3) is 0 Å². The zero-order valence-corrected chi connectivity index (χ0v) is 11.2. The number of pyridine rings is 1. The van der Waals surface area contributed by atoms with Gasteiger partial charge >= 0.3 is 0 Å². The van der Waals surface area contributed by atoms with E-state index in [4.69, 9.17) is 0 Å². The van der Waals surface area contributed by atoms with Crippen molar-refractivity contribution in [2.24, 2.45) is 0 Å². The van der Waals surface area contributed by atoms with E-state index >= 15 is 0 Å². The Morgan fingerprint density at radius 3 is 2.72 bits per heavy atom. The minimum atomic E-state index is 0.142. The molecule has 1 aliphatic rings. The summed E-state index contributed by atoms with van der Waals surface area (Å²) in [5, 5.41) is 3.03. The van der Waals surface area contributed by atoms with Crippen molar-refractivity contribution < 1.29 is 4.79 Å². The number of nitrogens with one attached hydrogen (secondary N) is 1. The van der Waals surface area contributed by atoms with Crippen LogP contribution in [0.4, 0.5) is 5.82 Å². The van der Waals surface area contributed by atoms with Gasteiger partial charge in [0, 0.05) is 31.4 Å². The van der Waals surface area contributed by atoms with Gasteiger partial charge in [0.05, 0.1) is 0 Å². The van der Waals surface area contributed by atoms with Crippen molar-refractivity contribution in [3.8, 4) is 0 Å². The van der Waals surface area contributed by atoms with Crippen molar-refractivity contribution in [3.05, 3.63) is 23.4 Å². The Balaban J connectivity index is 2.24. The Kier molecular flexibility index (Phi) is 4.18. The number of likely N-dealkylation sites (tertiary alicyclic amines) is 1. The van der Waals surface area contributed by atoms with Gasteiger partial charge in [0.15, 0.2) is 0 Å². The molecule has 0 atom stereocenters. The number of nitrogens with zero attached hydrogens (tertiary/aromatic N) is 2. The molecule has 0 spiro atoms. The molecule has 2 heterocycles. The van der Waals surface area contributed by atoms with E-state index in [9.17, 15) is 4.79 Å². The van der Waals surface area contributed by atoms with Crippen molar-refractivity contribution in [3.63, 3.8) is 0 Å². The zero-order chi connectivity index (χ0) is 13.0. The fraction of sp³-hybridized carbons (Fsp3) is 0.571. The molecule has 4 heteroatoms. The second-order valence-electron chi connectivity index (χ2n) is 4.73. The molecular weight excluding hydrogens is 226 g/mol. The fourth-order valence-corrected chi connectivity index (χ4v) is 2.33. The number of rotatable bonds is 4. The number of aryl methyl sites for hydroxylation is 1. The van der Waals surface area contributed by atoms with Crippen LogP contribution in [0.5, 0.6) is 0 Å². The van der Waals surface area contributed by atoms with E-state index in [2.05, 4.69) is 17.2 Å². The lowest BCUT2D eigenvalue weighted by molar-refractivity contribution is 0.0792. The number of amides is 1. The second kappa shape index (κ2) is 5.85. The highest BCUT2D eigenvalue weighted by atomic mass is 16.2. The molecule has 1 saturated heterocycles. The van der Waals surface area contributed by atoms with E-state index in [0.29, 0.717) is 0 Å². The van der Waals surface area contributed by atoms with Gasteiger partial charge in [-0.05, 0) is 31.4 Å². The average Bonchev–Trinajstić information content (AvgIpc) is 2.91. The molecule has 1 amide bonds. The number of anilines is 1. The number of hydrogen-bond acceptors (Lipinski definition) is 3. The molecule has 0 aliphatic carbocycles. The van der Waals surface area contributed by atoms with Crippen molar-refractivity contribution >= 4 is 11.7 Å². The highest BCUT2D eigenvalue weighted by Gasteiger charge is 2.20. The maximum atomic E-state index is 12.3. The molecule has 0 saturated carbocycles. The van der Waals surface area contributed by atoms with Crippen molar-refractivity contribution in [2.75, 3.05) is 25.5 Å². The van der Waals surface area contributed by atoms with Crippen molar-refractivity contribution in [1.82, 2.24) is 9.88 Å². The van der Waals surface area contributed by atoms with E-state index in [1.807, 2.05) is 24.1 Å². The minimum Gasteiger partial charge on any atom is -0.373 e.